The van der Waals surface area contributed by atoms with Gasteiger partial charge in [-0.25, -0.2) is 0 Å². The number of nitrogens with zero attached hydrogens (tertiary/aromatic N) is 1. The minimum atomic E-state index is 1.30. The molecule has 0 bridgehead atoms. The summed E-state index contributed by atoms with van der Waals surface area (Å²) in [5, 5.41) is 2.70. The summed E-state index contributed by atoms with van der Waals surface area (Å²) in [7, 11) is 2.13. The summed E-state index contributed by atoms with van der Waals surface area (Å²) in [6.45, 7) is 0. The SMILES string of the molecule is CSc1ccc2c(c1)c1ccccc1n2C. The van der Waals surface area contributed by atoms with Crippen LogP contribution in [-0.2, 0) is 7.05 Å². The molecule has 1 aromatic heterocycles. The Kier molecular flexibility index (Phi) is 2.18. The normalized spacial score (nSPS) is 11.4. The van der Waals surface area contributed by atoms with Crippen molar-refractivity contribution in [2.45, 2.75) is 4.90 Å². The molecule has 0 aliphatic heterocycles. The number of thioether (sulfide) groups is 1. The summed E-state index contributed by atoms with van der Waals surface area (Å²) in [6, 6.07) is 15.2. The molecular weight excluding hydrogens is 214 g/mol. The van der Waals surface area contributed by atoms with E-state index in [-0.39, 0.29) is 0 Å². The molecule has 80 valence electrons. The van der Waals surface area contributed by atoms with Gasteiger partial charge < -0.3 is 4.57 Å². The van der Waals surface area contributed by atoms with Crippen molar-refractivity contribution in [3.8, 4) is 0 Å². The summed E-state index contributed by atoms with van der Waals surface area (Å²) < 4.78 is 2.26. The van der Waals surface area contributed by atoms with Crippen LogP contribution in [0.1, 0.15) is 0 Å². The summed E-state index contributed by atoms with van der Waals surface area (Å²) in [4.78, 5) is 1.32. The molecule has 2 heteroatoms. The van der Waals surface area contributed by atoms with E-state index in [1.807, 2.05) is 0 Å². The van der Waals surface area contributed by atoms with Crippen molar-refractivity contribution in [3.05, 3.63) is 42.5 Å². The maximum atomic E-state index is 2.28. The first-order chi connectivity index (χ1) is 7.81. The van der Waals surface area contributed by atoms with E-state index in [2.05, 4.69) is 60.3 Å². The zero-order chi connectivity index (χ0) is 11.1. The lowest BCUT2D eigenvalue weighted by Crippen LogP contribution is -1.85. The smallest absolute Gasteiger partial charge is 0.0489 e. The van der Waals surface area contributed by atoms with Crippen LogP contribution in [0.15, 0.2) is 47.4 Å². The molecule has 0 saturated carbocycles. The fourth-order valence-corrected chi connectivity index (χ4v) is 2.71. The van der Waals surface area contributed by atoms with Gasteiger partial charge in [0.15, 0.2) is 0 Å². The van der Waals surface area contributed by atoms with Crippen molar-refractivity contribution in [2.75, 3.05) is 6.26 Å². The lowest BCUT2D eigenvalue weighted by Gasteiger charge is -1.98. The number of aromatic nitrogens is 1. The van der Waals surface area contributed by atoms with E-state index in [0.29, 0.717) is 0 Å². The van der Waals surface area contributed by atoms with Gasteiger partial charge in [-0.3, -0.25) is 0 Å². The van der Waals surface area contributed by atoms with E-state index in [0.717, 1.165) is 0 Å². The van der Waals surface area contributed by atoms with Crippen LogP contribution in [0.25, 0.3) is 21.8 Å². The average Bonchev–Trinajstić information content (AvgIpc) is 2.64. The van der Waals surface area contributed by atoms with Gasteiger partial charge in [0.2, 0.25) is 0 Å². The van der Waals surface area contributed by atoms with Gasteiger partial charge in [-0.05, 0) is 30.5 Å². The minimum Gasteiger partial charge on any atom is -0.344 e. The molecule has 0 N–H and O–H groups in total. The zero-order valence-corrected chi connectivity index (χ0v) is 10.2. The van der Waals surface area contributed by atoms with Crippen LogP contribution in [0.4, 0.5) is 0 Å². The van der Waals surface area contributed by atoms with Gasteiger partial charge in [0.05, 0.1) is 0 Å². The Bertz CT molecular complexity index is 667. The van der Waals surface area contributed by atoms with Crippen molar-refractivity contribution in [1.29, 1.82) is 0 Å². The molecule has 3 aromatic rings. The van der Waals surface area contributed by atoms with Crippen molar-refractivity contribution < 1.29 is 0 Å². The van der Waals surface area contributed by atoms with Crippen LogP contribution in [0.3, 0.4) is 0 Å². The third kappa shape index (κ3) is 1.26. The van der Waals surface area contributed by atoms with E-state index < -0.39 is 0 Å². The van der Waals surface area contributed by atoms with Gasteiger partial charge in [-0.1, -0.05) is 18.2 Å². The van der Waals surface area contributed by atoms with Gasteiger partial charge in [0.1, 0.15) is 0 Å². The van der Waals surface area contributed by atoms with Gasteiger partial charge in [-0.15, -0.1) is 11.8 Å². The van der Waals surface area contributed by atoms with E-state index in [1.165, 1.54) is 26.7 Å². The Morgan fingerprint density at radius 1 is 0.938 bits per heavy atom. The molecule has 0 amide bonds. The molecule has 0 spiro atoms. The van der Waals surface area contributed by atoms with E-state index in [1.54, 1.807) is 11.8 Å². The average molecular weight is 227 g/mol. The van der Waals surface area contributed by atoms with Crippen LogP contribution < -0.4 is 0 Å². The van der Waals surface area contributed by atoms with Crippen molar-refractivity contribution in [1.82, 2.24) is 4.57 Å². The molecule has 0 fully saturated rings. The van der Waals surface area contributed by atoms with Gasteiger partial charge in [0, 0.05) is 33.7 Å². The Balaban J connectivity index is 2.52. The predicted molar refractivity (Wildman–Crippen MR) is 72.2 cm³/mol. The second-order valence-corrected chi connectivity index (χ2v) is 4.84. The highest BCUT2D eigenvalue weighted by molar-refractivity contribution is 7.98. The Hall–Kier alpha value is -1.41. The highest BCUT2D eigenvalue weighted by Gasteiger charge is 2.07. The fraction of sp³-hybridized carbons (Fsp3) is 0.143. The van der Waals surface area contributed by atoms with Crippen LogP contribution in [-0.4, -0.2) is 10.8 Å². The molecule has 0 aliphatic carbocycles. The van der Waals surface area contributed by atoms with Crippen molar-refractivity contribution in [3.63, 3.8) is 0 Å². The molecule has 0 saturated heterocycles. The summed E-state index contributed by atoms with van der Waals surface area (Å²) in [5.74, 6) is 0. The Labute approximate surface area is 99.1 Å². The largest absolute Gasteiger partial charge is 0.344 e. The molecular formula is C14H13NS. The number of hydrogen-bond acceptors (Lipinski definition) is 1. The molecule has 2 aromatic carbocycles. The van der Waals surface area contributed by atoms with Crippen molar-refractivity contribution >= 4 is 33.6 Å². The van der Waals surface area contributed by atoms with Crippen LogP contribution in [0.5, 0.6) is 0 Å². The molecule has 0 unspecified atom stereocenters. The predicted octanol–water partition coefficient (Wildman–Crippen LogP) is 4.05. The maximum absolute atomic E-state index is 2.28. The number of fused-ring (bicyclic) bond motifs is 3. The van der Waals surface area contributed by atoms with Gasteiger partial charge >= 0.3 is 0 Å². The molecule has 16 heavy (non-hydrogen) atoms. The summed E-state index contributed by atoms with van der Waals surface area (Å²) in [5.41, 5.74) is 2.61. The van der Waals surface area contributed by atoms with Gasteiger partial charge in [-0.2, -0.15) is 0 Å². The zero-order valence-electron chi connectivity index (χ0n) is 9.40. The minimum absolute atomic E-state index is 1.30. The molecule has 0 aliphatic rings. The molecule has 3 rings (SSSR count). The second kappa shape index (κ2) is 3.56. The van der Waals surface area contributed by atoms with Crippen LogP contribution in [0, 0.1) is 0 Å². The quantitative estimate of drug-likeness (QED) is 0.568. The lowest BCUT2D eigenvalue weighted by molar-refractivity contribution is 1.01. The summed E-state index contributed by atoms with van der Waals surface area (Å²) >= 11 is 1.79. The monoisotopic (exact) mass is 227 g/mol. The van der Waals surface area contributed by atoms with Crippen molar-refractivity contribution in [2.24, 2.45) is 7.05 Å². The van der Waals surface area contributed by atoms with Crippen LogP contribution >= 0.6 is 11.8 Å². The van der Waals surface area contributed by atoms with E-state index in [4.69, 9.17) is 0 Å². The number of rotatable bonds is 1. The fourth-order valence-electron chi connectivity index (χ4n) is 2.27. The van der Waals surface area contributed by atoms with E-state index >= 15 is 0 Å². The Morgan fingerprint density at radius 3 is 2.50 bits per heavy atom. The first kappa shape index (κ1) is 9.79. The topological polar surface area (TPSA) is 4.93 Å². The first-order valence-electron chi connectivity index (χ1n) is 5.32. The maximum Gasteiger partial charge on any atom is 0.0489 e. The molecule has 0 radical (unpaired) electrons. The standard InChI is InChI=1S/C14H13NS/c1-15-13-6-4-3-5-11(13)12-9-10(16-2)7-8-14(12)15/h3-9H,1-2H3. The number of aryl methyl sites for hydroxylation is 1. The molecule has 1 heterocycles. The highest BCUT2D eigenvalue weighted by Crippen LogP contribution is 2.30. The Morgan fingerprint density at radius 2 is 1.69 bits per heavy atom. The number of para-hydroxylation sites is 1. The van der Waals surface area contributed by atoms with Gasteiger partial charge in [0.25, 0.3) is 0 Å². The highest BCUT2D eigenvalue weighted by atomic mass is 32.2. The third-order valence-electron chi connectivity index (χ3n) is 3.12. The van der Waals surface area contributed by atoms with Crippen LogP contribution in [0.2, 0.25) is 0 Å². The number of benzene rings is 2. The number of hydrogen-bond donors (Lipinski definition) is 0. The second-order valence-electron chi connectivity index (χ2n) is 3.96. The lowest BCUT2D eigenvalue weighted by atomic mass is 10.1. The molecule has 1 nitrogen and oxygen atoms in total. The van der Waals surface area contributed by atoms with E-state index in [9.17, 15) is 0 Å². The molecule has 0 atom stereocenters. The summed E-state index contributed by atoms with van der Waals surface area (Å²) in [6.07, 6.45) is 2.12. The first-order valence-corrected chi connectivity index (χ1v) is 6.55. The third-order valence-corrected chi connectivity index (χ3v) is 3.85.